The molecule has 1 heterocycles. The van der Waals surface area contributed by atoms with Gasteiger partial charge in [-0.1, -0.05) is 36.4 Å². The fourth-order valence-corrected chi connectivity index (χ4v) is 3.56. The highest BCUT2D eigenvalue weighted by Crippen LogP contribution is 2.17. The van der Waals surface area contributed by atoms with Crippen molar-refractivity contribution in [2.45, 2.75) is 44.5 Å². The van der Waals surface area contributed by atoms with Crippen molar-refractivity contribution in [2.24, 2.45) is 0 Å². The van der Waals surface area contributed by atoms with Gasteiger partial charge in [0.2, 0.25) is 0 Å². The van der Waals surface area contributed by atoms with Gasteiger partial charge < -0.3 is 25.0 Å². The fourth-order valence-electron chi connectivity index (χ4n) is 3.56. The van der Waals surface area contributed by atoms with Crippen LogP contribution < -0.4 is 0 Å². The monoisotopic (exact) mass is 533 g/mol. The Morgan fingerprint density at radius 1 is 0.868 bits per heavy atom. The van der Waals surface area contributed by atoms with Crippen molar-refractivity contribution in [1.82, 2.24) is 14.5 Å². The van der Waals surface area contributed by atoms with Gasteiger partial charge in [0, 0.05) is 49.7 Å². The van der Waals surface area contributed by atoms with Crippen molar-refractivity contribution in [3.05, 3.63) is 90.0 Å². The molecule has 204 valence electrons. The summed E-state index contributed by atoms with van der Waals surface area (Å²) in [6.07, 6.45) is 4.02. The largest absolute Gasteiger partial charge is 0.481 e. The van der Waals surface area contributed by atoms with Gasteiger partial charge in [0.15, 0.2) is 5.60 Å². The first kappa shape index (κ1) is 30.1. The SMILES string of the molecule is Fc1ccccc1CN(CCCn1ccnc1)Cc1ccccc1F.O=C(O)CC(O)(CC(=O)O)C(=O)O. The summed E-state index contributed by atoms with van der Waals surface area (Å²) >= 11 is 0. The third kappa shape index (κ3) is 10.1. The minimum absolute atomic E-state index is 0.226. The molecular weight excluding hydrogens is 504 g/mol. The van der Waals surface area contributed by atoms with Crippen molar-refractivity contribution in [2.75, 3.05) is 6.54 Å². The van der Waals surface area contributed by atoms with E-state index in [-0.39, 0.29) is 11.6 Å². The normalized spacial score (nSPS) is 11.1. The number of aromatic nitrogens is 2. The van der Waals surface area contributed by atoms with Crippen LogP contribution in [0.5, 0.6) is 0 Å². The van der Waals surface area contributed by atoms with Crippen molar-refractivity contribution in [1.29, 1.82) is 0 Å². The minimum atomic E-state index is -2.74. The number of hydrogen-bond donors (Lipinski definition) is 4. The fraction of sp³-hybridized carbons (Fsp3) is 0.308. The van der Waals surface area contributed by atoms with Gasteiger partial charge in [-0.2, -0.15) is 0 Å². The lowest BCUT2D eigenvalue weighted by molar-refractivity contribution is -0.170. The van der Waals surface area contributed by atoms with Crippen LogP contribution in [0.4, 0.5) is 8.78 Å². The number of carbonyl (C=O) groups is 3. The first-order valence-electron chi connectivity index (χ1n) is 11.5. The van der Waals surface area contributed by atoms with E-state index in [1.807, 2.05) is 22.9 Å². The molecular formula is C26H29F2N3O7. The molecule has 0 aliphatic rings. The van der Waals surface area contributed by atoms with E-state index in [1.165, 1.54) is 12.1 Å². The van der Waals surface area contributed by atoms with Crippen molar-refractivity contribution >= 4 is 17.9 Å². The summed E-state index contributed by atoms with van der Waals surface area (Å²) in [5.74, 6) is -5.47. The lowest BCUT2D eigenvalue weighted by atomic mass is 9.96. The second-order valence-electron chi connectivity index (χ2n) is 8.53. The van der Waals surface area contributed by atoms with E-state index in [0.29, 0.717) is 24.2 Å². The quantitative estimate of drug-likeness (QED) is 0.260. The number of halogens is 2. The zero-order chi connectivity index (χ0) is 28.1. The molecule has 0 aliphatic carbocycles. The van der Waals surface area contributed by atoms with Gasteiger partial charge in [0.05, 0.1) is 19.2 Å². The highest BCUT2D eigenvalue weighted by molar-refractivity contribution is 5.88. The predicted molar refractivity (Wildman–Crippen MR) is 131 cm³/mol. The summed E-state index contributed by atoms with van der Waals surface area (Å²) in [4.78, 5) is 36.6. The Kier molecular flexibility index (Phi) is 11.5. The number of imidazole rings is 1. The molecule has 10 nitrogen and oxygen atoms in total. The lowest BCUT2D eigenvalue weighted by Crippen LogP contribution is -2.42. The molecule has 3 rings (SSSR count). The molecule has 38 heavy (non-hydrogen) atoms. The van der Waals surface area contributed by atoms with E-state index >= 15 is 0 Å². The topological polar surface area (TPSA) is 153 Å². The smallest absolute Gasteiger partial charge is 0.336 e. The zero-order valence-electron chi connectivity index (χ0n) is 20.4. The molecule has 3 aromatic rings. The summed E-state index contributed by atoms with van der Waals surface area (Å²) in [6, 6.07) is 13.5. The second-order valence-corrected chi connectivity index (χ2v) is 8.53. The average molecular weight is 534 g/mol. The number of aliphatic hydroxyl groups is 1. The Balaban J connectivity index is 0.000000332. The molecule has 0 atom stereocenters. The summed E-state index contributed by atoms with van der Waals surface area (Å²) in [6.45, 7) is 2.46. The Bertz CT molecular complexity index is 1140. The van der Waals surface area contributed by atoms with Crippen LogP contribution in [0, 0.1) is 11.6 Å². The Morgan fingerprint density at radius 2 is 1.37 bits per heavy atom. The van der Waals surface area contributed by atoms with Crippen LogP contribution in [0.1, 0.15) is 30.4 Å². The third-order valence-electron chi connectivity index (χ3n) is 5.44. The summed E-state index contributed by atoms with van der Waals surface area (Å²) in [7, 11) is 0. The molecule has 0 amide bonds. The van der Waals surface area contributed by atoms with E-state index in [2.05, 4.69) is 9.88 Å². The molecule has 1 aromatic heterocycles. The minimum Gasteiger partial charge on any atom is -0.481 e. The number of aryl methyl sites for hydroxylation is 1. The molecule has 0 bridgehead atoms. The first-order valence-corrected chi connectivity index (χ1v) is 11.5. The molecule has 0 fully saturated rings. The molecule has 4 N–H and O–H groups in total. The van der Waals surface area contributed by atoms with Crippen LogP contribution >= 0.6 is 0 Å². The maximum Gasteiger partial charge on any atom is 0.336 e. The van der Waals surface area contributed by atoms with Gasteiger partial charge in [0.25, 0.3) is 0 Å². The van der Waals surface area contributed by atoms with E-state index in [0.717, 1.165) is 19.5 Å². The van der Waals surface area contributed by atoms with Gasteiger partial charge in [-0.15, -0.1) is 0 Å². The maximum absolute atomic E-state index is 14.0. The van der Waals surface area contributed by atoms with Crippen LogP contribution in [0.25, 0.3) is 0 Å². The lowest BCUT2D eigenvalue weighted by Gasteiger charge is -2.23. The van der Waals surface area contributed by atoms with Crippen LogP contribution in [-0.4, -0.2) is 64.9 Å². The highest BCUT2D eigenvalue weighted by Gasteiger charge is 2.40. The van der Waals surface area contributed by atoms with Gasteiger partial charge in [-0.3, -0.25) is 14.5 Å². The van der Waals surface area contributed by atoms with E-state index in [9.17, 15) is 23.2 Å². The second kappa shape index (κ2) is 14.5. The standard InChI is InChI=1S/C20H21F2N3.C6H8O7/c21-19-8-3-1-6-17(19)14-25(12-5-11-24-13-10-23-16-24)15-18-7-2-4-9-20(18)22;7-3(8)1-6(13,5(11)12)2-4(9)10/h1-4,6-10,13,16H,5,11-12,14-15H2;13H,1-2H2,(H,7,8)(H,9,10)(H,11,12). The Hall–Kier alpha value is -4.16. The predicted octanol–water partition coefficient (Wildman–Crippen LogP) is 3.01. The number of carboxylic acids is 3. The molecule has 0 unspecified atom stereocenters. The van der Waals surface area contributed by atoms with Crippen molar-refractivity contribution < 1.29 is 43.6 Å². The van der Waals surface area contributed by atoms with E-state index in [1.54, 1.807) is 36.8 Å². The van der Waals surface area contributed by atoms with E-state index < -0.39 is 36.4 Å². The molecule has 0 saturated heterocycles. The number of aliphatic carboxylic acids is 3. The molecule has 12 heteroatoms. The Labute approximate surface area is 217 Å². The zero-order valence-corrected chi connectivity index (χ0v) is 20.4. The van der Waals surface area contributed by atoms with Gasteiger partial charge in [-0.25, -0.2) is 18.6 Å². The summed E-state index contributed by atoms with van der Waals surface area (Å²) < 4.78 is 30.0. The molecule has 0 aliphatic heterocycles. The molecule has 0 radical (unpaired) electrons. The van der Waals surface area contributed by atoms with Crippen LogP contribution in [0.15, 0.2) is 67.3 Å². The maximum atomic E-state index is 14.0. The van der Waals surface area contributed by atoms with Crippen LogP contribution in [-0.2, 0) is 34.0 Å². The van der Waals surface area contributed by atoms with Gasteiger partial charge in [-0.05, 0) is 18.6 Å². The first-order chi connectivity index (χ1) is 18.0. The summed E-state index contributed by atoms with van der Waals surface area (Å²) in [5.41, 5.74) is -1.49. The molecule has 0 spiro atoms. The Morgan fingerprint density at radius 3 is 1.76 bits per heavy atom. The van der Waals surface area contributed by atoms with Crippen molar-refractivity contribution in [3.63, 3.8) is 0 Å². The van der Waals surface area contributed by atoms with Gasteiger partial charge >= 0.3 is 17.9 Å². The van der Waals surface area contributed by atoms with Crippen molar-refractivity contribution in [3.8, 4) is 0 Å². The molecule has 2 aromatic carbocycles. The summed E-state index contributed by atoms with van der Waals surface area (Å²) in [5, 5.41) is 33.8. The highest BCUT2D eigenvalue weighted by atomic mass is 19.1. The van der Waals surface area contributed by atoms with Crippen LogP contribution in [0.2, 0.25) is 0 Å². The molecule has 0 saturated carbocycles. The number of hydrogen-bond acceptors (Lipinski definition) is 6. The van der Waals surface area contributed by atoms with Gasteiger partial charge in [0.1, 0.15) is 11.6 Å². The number of benzene rings is 2. The van der Waals surface area contributed by atoms with Crippen LogP contribution in [0.3, 0.4) is 0 Å². The third-order valence-corrected chi connectivity index (χ3v) is 5.44. The van der Waals surface area contributed by atoms with E-state index in [4.69, 9.17) is 20.4 Å². The number of rotatable bonds is 13. The number of carboxylic acid groups (broad SMARTS) is 3. The average Bonchev–Trinajstić information content (AvgIpc) is 3.35. The number of nitrogens with zero attached hydrogens (tertiary/aromatic N) is 3.